The van der Waals surface area contributed by atoms with E-state index in [0.29, 0.717) is 32.6 Å². The highest BCUT2D eigenvalue weighted by Crippen LogP contribution is 2.54. The van der Waals surface area contributed by atoms with Gasteiger partial charge in [0.25, 0.3) is 5.91 Å². The fourth-order valence-corrected chi connectivity index (χ4v) is 7.72. The number of imide groups is 1. The number of ether oxygens (including phenoxy) is 1. The Morgan fingerprint density at radius 3 is 2.45 bits per heavy atom. The molecule has 40 heavy (non-hydrogen) atoms. The second kappa shape index (κ2) is 10.4. The van der Waals surface area contributed by atoms with Crippen molar-refractivity contribution < 1.29 is 19.1 Å². The number of thiazole rings is 1. The van der Waals surface area contributed by atoms with Crippen molar-refractivity contribution in [1.29, 1.82) is 0 Å². The van der Waals surface area contributed by atoms with Gasteiger partial charge in [-0.05, 0) is 43.7 Å². The van der Waals surface area contributed by atoms with Crippen molar-refractivity contribution in [3.63, 3.8) is 0 Å². The van der Waals surface area contributed by atoms with Gasteiger partial charge in [0.05, 0.1) is 16.6 Å². The summed E-state index contributed by atoms with van der Waals surface area (Å²) in [5.74, 6) is -1.90. The number of nitrogens with one attached hydrogen (secondary N) is 2. The van der Waals surface area contributed by atoms with Gasteiger partial charge in [-0.15, -0.1) is 0 Å². The van der Waals surface area contributed by atoms with Crippen LogP contribution in [0.4, 0.5) is 11.4 Å². The summed E-state index contributed by atoms with van der Waals surface area (Å²) in [7, 11) is 0. The number of rotatable bonds is 6. The summed E-state index contributed by atoms with van der Waals surface area (Å²) in [5, 5.41) is 2.73. The van der Waals surface area contributed by atoms with Gasteiger partial charge in [0, 0.05) is 22.0 Å². The largest absolute Gasteiger partial charge is 0.483 e. The number of thioether (sulfide) groups is 1. The molecule has 0 saturated carbocycles. The Morgan fingerprint density at radius 2 is 1.68 bits per heavy atom. The highest BCUT2D eigenvalue weighted by atomic mass is 32.2. The number of aromatic nitrogens is 1. The molecule has 3 atom stereocenters. The number of hydrogen-bond donors (Lipinski definition) is 2. The second-order valence-electron chi connectivity index (χ2n) is 9.79. The van der Waals surface area contributed by atoms with Crippen molar-refractivity contribution in [1.82, 2.24) is 4.98 Å². The molecule has 0 bridgehead atoms. The maximum absolute atomic E-state index is 14.0. The van der Waals surface area contributed by atoms with Gasteiger partial charge in [-0.25, -0.2) is 4.90 Å². The molecule has 2 aliphatic rings. The van der Waals surface area contributed by atoms with Crippen LogP contribution in [0, 0.1) is 19.8 Å². The fourth-order valence-electron chi connectivity index (χ4n) is 5.21. The normalized spacial score (nSPS) is 19.8. The van der Waals surface area contributed by atoms with Crippen LogP contribution in [0.5, 0.6) is 5.75 Å². The lowest BCUT2D eigenvalue weighted by Gasteiger charge is -2.30. The molecule has 3 aromatic carbocycles. The first kappa shape index (κ1) is 26.1. The molecule has 4 aromatic rings. The number of nitrogens with zero attached hydrogens (tertiary/aromatic N) is 1. The molecule has 0 radical (unpaired) electrons. The molecule has 1 saturated heterocycles. The number of amides is 3. The Morgan fingerprint density at radius 1 is 0.950 bits per heavy atom. The number of H-pyrrole nitrogens is 1. The van der Waals surface area contributed by atoms with Gasteiger partial charge < -0.3 is 15.0 Å². The molecule has 202 valence electrons. The van der Waals surface area contributed by atoms with Crippen LogP contribution in [-0.4, -0.2) is 34.6 Å². The smallest absolute Gasteiger partial charge is 0.305 e. The quantitative estimate of drug-likeness (QED) is 0.320. The van der Waals surface area contributed by atoms with Gasteiger partial charge in [-0.1, -0.05) is 77.2 Å². The predicted molar refractivity (Wildman–Crippen MR) is 155 cm³/mol. The SMILES string of the molecule is Cc1ccc(N2C(=O)[C@H]3[C@H](c4ccccc4OCC(=O)Nc4ccccc4C)c4sc(=O)[nH]c4S[C@H]3C2=O)cc1. The van der Waals surface area contributed by atoms with Crippen molar-refractivity contribution in [2.75, 3.05) is 16.8 Å². The number of carbonyl (C=O) groups is 3. The third-order valence-corrected chi connectivity index (χ3v) is 9.55. The minimum Gasteiger partial charge on any atom is -0.483 e. The highest BCUT2D eigenvalue weighted by molar-refractivity contribution is 8.00. The van der Waals surface area contributed by atoms with Crippen LogP contribution in [0.1, 0.15) is 27.5 Å². The zero-order valence-electron chi connectivity index (χ0n) is 21.7. The summed E-state index contributed by atoms with van der Waals surface area (Å²) in [6.07, 6.45) is 0. The first-order valence-electron chi connectivity index (χ1n) is 12.7. The minimum atomic E-state index is -0.747. The van der Waals surface area contributed by atoms with Crippen molar-refractivity contribution in [2.45, 2.75) is 30.0 Å². The van der Waals surface area contributed by atoms with Crippen molar-refractivity contribution >= 4 is 52.2 Å². The van der Waals surface area contributed by atoms with Crippen molar-refractivity contribution in [2.24, 2.45) is 5.92 Å². The summed E-state index contributed by atoms with van der Waals surface area (Å²) in [6.45, 7) is 3.60. The standard InChI is InChI=1S/C30H25N3O5S2/c1-16-11-13-18(14-12-16)33-28(35)24-23(25-27(32-30(37)40-25)39-26(24)29(33)36)19-8-4-6-10-21(19)38-15-22(34)31-20-9-5-3-7-17(20)2/h3-14,23-24,26H,15H2,1-2H3,(H,31,34)(H,32,37)/t23-,24-,26+/m0/s1. The van der Waals surface area contributed by atoms with Crippen molar-refractivity contribution in [3.05, 3.63) is 104 Å². The van der Waals surface area contributed by atoms with Crippen LogP contribution in [0.25, 0.3) is 0 Å². The molecule has 2 aliphatic heterocycles. The Labute approximate surface area is 238 Å². The number of carbonyl (C=O) groups excluding carboxylic acids is 3. The molecule has 1 fully saturated rings. The van der Waals surface area contributed by atoms with E-state index in [1.165, 1.54) is 16.7 Å². The van der Waals surface area contributed by atoms with Crippen molar-refractivity contribution in [3.8, 4) is 5.75 Å². The van der Waals surface area contributed by atoms with E-state index in [1.807, 2.05) is 62.4 Å². The topological polar surface area (TPSA) is 109 Å². The first-order valence-corrected chi connectivity index (χ1v) is 14.4. The van der Waals surface area contributed by atoms with E-state index in [9.17, 15) is 19.2 Å². The molecular weight excluding hydrogens is 546 g/mol. The van der Waals surface area contributed by atoms with E-state index in [2.05, 4.69) is 10.3 Å². The molecule has 3 heterocycles. The molecule has 0 spiro atoms. The maximum Gasteiger partial charge on any atom is 0.305 e. The molecule has 6 rings (SSSR count). The van der Waals surface area contributed by atoms with Crippen LogP contribution >= 0.6 is 23.1 Å². The monoisotopic (exact) mass is 571 g/mol. The van der Waals surface area contributed by atoms with E-state index in [4.69, 9.17) is 4.74 Å². The van der Waals surface area contributed by atoms with Crippen LogP contribution in [0.3, 0.4) is 0 Å². The van der Waals surface area contributed by atoms with Gasteiger partial charge in [-0.3, -0.25) is 19.2 Å². The van der Waals surface area contributed by atoms with Crippen LogP contribution in [0.15, 0.2) is 82.6 Å². The zero-order valence-corrected chi connectivity index (χ0v) is 23.3. The summed E-state index contributed by atoms with van der Waals surface area (Å²) < 4.78 is 6.01. The Bertz CT molecular complexity index is 1690. The number of aryl methyl sites for hydroxylation is 2. The van der Waals surface area contributed by atoms with Gasteiger partial charge in [0.2, 0.25) is 11.8 Å². The number of benzene rings is 3. The highest BCUT2D eigenvalue weighted by Gasteiger charge is 2.56. The number of fused-ring (bicyclic) bond motifs is 2. The number of hydrogen-bond acceptors (Lipinski definition) is 7. The lowest BCUT2D eigenvalue weighted by molar-refractivity contribution is -0.122. The molecule has 8 nitrogen and oxygen atoms in total. The van der Waals surface area contributed by atoms with Crippen LogP contribution in [0.2, 0.25) is 0 Å². The lowest BCUT2D eigenvalue weighted by atomic mass is 9.82. The van der Waals surface area contributed by atoms with Gasteiger partial charge in [0.1, 0.15) is 11.0 Å². The molecule has 0 aliphatic carbocycles. The van der Waals surface area contributed by atoms with Gasteiger partial charge in [0.15, 0.2) is 6.61 Å². The first-order chi connectivity index (χ1) is 19.3. The number of anilines is 2. The number of aromatic amines is 1. The average Bonchev–Trinajstić information content (AvgIpc) is 3.44. The third kappa shape index (κ3) is 4.63. The van der Waals surface area contributed by atoms with Crippen LogP contribution in [-0.2, 0) is 14.4 Å². The van der Waals surface area contributed by atoms with E-state index in [0.717, 1.165) is 22.5 Å². The minimum absolute atomic E-state index is 0.250. The van der Waals surface area contributed by atoms with E-state index in [-0.39, 0.29) is 29.2 Å². The molecule has 10 heteroatoms. The Balaban J connectivity index is 1.34. The summed E-state index contributed by atoms with van der Waals surface area (Å²) in [6, 6.07) is 21.9. The molecule has 2 N–H and O–H groups in total. The number of para-hydroxylation sites is 2. The predicted octanol–water partition coefficient (Wildman–Crippen LogP) is 4.87. The zero-order chi connectivity index (χ0) is 28.0. The summed E-state index contributed by atoms with van der Waals surface area (Å²) in [4.78, 5) is 57.3. The molecular formula is C30H25N3O5S2. The van der Waals surface area contributed by atoms with Gasteiger partial charge >= 0.3 is 4.87 Å². The molecule has 3 amide bonds. The lowest BCUT2D eigenvalue weighted by Crippen LogP contribution is -2.32. The Hall–Kier alpha value is -4.15. The van der Waals surface area contributed by atoms with E-state index >= 15 is 0 Å². The molecule has 1 aromatic heterocycles. The fraction of sp³-hybridized carbons (Fsp3) is 0.200. The molecule has 0 unspecified atom stereocenters. The average molecular weight is 572 g/mol. The van der Waals surface area contributed by atoms with Gasteiger partial charge in [-0.2, -0.15) is 0 Å². The maximum atomic E-state index is 14.0. The van der Waals surface area contributed by atoms with E-state index in [1.54, 1.807) is 24.3 Å². The van der Waals surface area contributed by atoms with E-state index < -0.39 is 17.1 Å². The second-order valence-corrected chi connectivity index (χ2v) is 12.0. The Kier molecular flexibility index (Phi) is 6.81. The summed E-state index contributed by atoms with van der Waals surface area (Å²) in [5.41, 5.74) is 3.81. The third-order valence-electron chi connectivity index (χ3n) is 7.15. The summed E-state index contributed by atoms with van der Waals surface area (Å²) >= 11 is 2.26. The van der Waals surface area contributed by atoms with Crippen LogP contribution < -0.4 is 19.8 Å².